The third kappa shape index (κ3) is 19.5. The van der Waals surface area contributed by atoms with Crippen molar-refractivity contribution in [2.75, 3.05) is 13.1 Å². The molecule has 2 heterocycles. The summed E-state index contributed by atoms with van der Waals surface area (Å²) >= 11 is 0. The summed E-state index contributed by atoms with van der Waals surface area (Å²) in [5.74, 6) is -6.57. The monoisotopic (exact) mass is 950 g/mol. The zero-order valence-electron chi connectivity index (χ0n) is 38.5. The molecule has 0 aliphatic carbocycles. The van der Waals surface area contributed by atoms with E-state index in [-0.39, 0.29) is 74.2 Å². The van der Waals surface area contributed by atoms with Gasteiger partial charge in [-0.1, -0.05) is 39.8 Å². The molecule has 2 saturated heterocycles. The average molecular weight is 951 g/mol. The molecule has 3 aromatic carbocycles. The first-order valence-corrected chi connectivity index (χ1v) is 22.6. The minimum Gasteiger partial charge on any atom is -0.356 e. The number of hydrogen-bond donors (Lipinski definition) is 6. The summed E-state index contributed by atoms with van der Waals surface area (Å²) in [6.07, 6.45) is 1.76. The molecule has 5 rings (SSSR count). The molecule has 6 atom stereocenters. The maximum atomic E-state index is 13.7. The molecule has 0 saturated carbocycles. The van der Waals surface area contributed by atoms with Gasteiger partial charge in [0, 0.05) is 56.3 Å². The molecule has 2 aliphatic heterocycles. The van der Waals surface area contributed by atoms with Crippen molar-refractivity contribution in [2.24, 2.45) is 17.8 Å². The number of benzene rings is 3. The Labute approximate surface area is 393 Å². The SMILES string of the molecule is CC.CC(C)C[C@H](NC(=O)CCc1cc(F)cc(F)c1)C(=O)NC(C#N)C[C@@H]1CCNC1=O.N#C[C@H](C[C@@H]1CCNC1=O)NC(=O)[C@H](Cc1cccc(F)c1)NC(=O)CCc1cc(F)cc(F)c1. The predicted octanol–water partition coefficient (Wildman–Crippen LogP) is 5.29. The molecular formula is C49H59F5N8O6. The molecule has 6 amide bonds. The lowest BCUT2D eigenvalue weighted by molar-refractivity contribution is -0.129. The highest BCUT2D eigenvalue weighted by Crippen LogP contribution is 2.19. The van der Waals surface area contributed by atoms with Crippen molar-refractivity contribution >= 4 is 35.4 Å². The molecule has 0 aromatic heterocycles. The number of carbonyl (C=O) groups is 6. The number of carbonyl (C=O) groups excluding carboxylic acids is 6. The van der Waals surface area contributed by atoms with Gasteiger partial charge in [-0.25, -0.2) is 22.0 Å². The number of nitrogens with one attached hydrogen (secondary N) is 6. The fourth-order valence-corrected chi connectivity index (χ4v) is 7.51. The Hall–Kier alpha value is -6.89. The van der Waals surface area contributed by atoms with E-state index in [4.69, 9.17) is 0 Å². The lowest BCUT2D eigenvalue weighted by Crippen LogP contribution is -2.51. The highest BCUT2D eigenvalue weighted by Gasteiger charge is 2.32. The Bertz CT molecular complexity index is 2260. The zero-order valence-corrected chi connectivity index (χ0v) is 38.5. The van der Waals surface area contributed by atoms with Crippen LogP contribution < -0.4 is 31.9 Å². The Morgan fingerprint density at radius 1 is 0.618 bits per heavy atom. The fourth-order valence-electron chi connectivity index (χ4n) is 7.51. The molecule has 1 unspecified atom stereocenters. The van der Waals surface area contributed by atoms with Crippen LogP contribution in [0.2, 0.25) is 0 Å². The Kier molecular flexibility index (Phi) is 23.1. The van der Waals surface area contributed by atoms with Gasteiger partial charge in [-0.15, -0.1) is 0 Å². The number of aryl methyl sites for hydroxylation is 2. The Balaban J connectivity index is 0.000000350. The maximum Gasteiger partial charge on any atom is 0.243 e. The zero-order chi connectivity index (χ0) is 50.3. The van der Waals surface area contributed by atoms with E-state index in [2.05, 4.69) is 31.9 Å². The topological polar surface area (TPSA) is 222 Å². The summed E-state index contributed by atoms with van der Waals surface area (Å²) in [6, 6.07) is 11.7. The summed E-state index contributed by atoms with van der Waals surface area (Å²) in [5, 5.41) is 34.6. The van der Waals surface area contributed by atoms with Crippen molar-refractivity contribution < 1.29 is 50.7 Å². The first-order chi connectivity index (χ1) is 32.4. The Morgan fingerprint density at radius 3 is 1.41 bits per heavy atom. The summed E-state index contributed by atoms with van der Waals surface area (Å²) < 4.78 is 67.0. The number of hydrogen-bond acceptors (Lipinski definition) is 8. The van der Waals surface area contributed by atoms with E-state index < -0.39 is 82.8 Å². The van der Waals surface area contributed by atoms with Gasteiger partial charge in [-0.2, -0.15) is 10.5 Å². The molecule has 19 heteroatoms. The maximum absolute atomic E-state index is 13.7. The van der Waals surface area contributed by atoms with Gasteiger partial charge in [0.25, 0.3) is 0 Å². The third-order valence-corrected chi connectivity index (χ3v) is 10.8. The second-order valence-electron chi connectivity index (χ2n) is 16.7. The highest BCUT2D eigenvalue weighted by molar-refractivity contribution is 5.89. The largest absolute Gasteiger partial charge is 0.356 e. The van der Waals surface area contributed by atoms with Crippen LogP contribution in [0.4, 0.5) is 22.0 Å². The average Bonchev–Trinajstić information content (AvgIpc) is 3.89. The van der Waals surface area contributed by atoms with E-state index >= 15 is 0 Å². The van der Waals surface area contributed by atoms with E-state index in [1.165, 1.54) is 18.2 Å². The summed E-state index contributed by atoms with van der Waals surface area (Å²) in [7, 11) is 0. The minimum atomic E-state index is -1.14. The normalized spacial score (nSPS) is 16.6. The van der Waals surface area contributed by atoms with Gasteiger partial charge in [0.2, 0.25) is 35.4 Å². The quantitative estimate of drug-likeness (QED) is 0.0816. The van der Waals surface area contributed by atoms with Crippen LogP contribution >= 0.6 is 0 Å². The van der Waals surface area contributed by atoms with Crippen molar-refractivity contribution in [1.82, 2.24) is 31.9 Å². The van der Waals surface area contributed by atoms with Crippen molar-refractivity contribution in [3.63, 3.8) is 0 Å². The number of amides is 6. The van der Waals surface area contributed by atoms with Gasteiger partial charge < -0.3 is 31.9 Å². The fraction of sp³-hybridized carbons (Fsp3) is 0.469. The van der Waals surface area contributed by atoms with Gasteiger partial charge in [0.15, 0.2) is 0 Å². The number of halogens is 5. The predicted molar refractivity (Wildman–Crippen MR) is 241 cm³/mol. The number of nitrogens with zero attached hydrogens (tertiary/aromatic N) is 2. The molecule has 366 valence electrons. The molecule has 0 spiro atoms. The van der Waals surface area contributed by atoms with Crippen LogP contribution in [0.5, 0.6) is 0 Å². The number of rotatable bonds is 20. The van der Waals surface area contributed by atoms with Crippen LogP contribution in [-0.4, -0.2) is 72.7 Å². The van der Waals surface area contributed by atoms with Crippen molar-refractivity contribution in [1.29, 1.82) is 10.5 Å². The molecule has 2 aliphatic rings. The van der Waals surface area contributed by atoms with Crippen LogP contribution in [0.3, 0.4) is 0 Å². The van der Waals surface area contributed by atoms with Crippen LogP contribution in [0.25, 0.3) is 0 Å². The lowest BCUT2D eigenvalue weighted by atomic mass is 9.98. The van der Waals surface area contributed by atoms with E-state index in [1.54, 1.807) is 6.07 Å². The van der Waals surface area contributed by atoms with Crippen LogP contribution in [0, 0.1) is 69.5 Å². The third-order valence-electron chi connectivity index (χ3n) is 10.8. The highest BCUT2D eigenvalue weighted by atomic mass is 19.1. The van der Waals surface area contributed by atoms with Gasteiger partial charge >= 0.3 is 0 Å². The van der Waals surface area contributed by atoms with Crippen LogP contribution in [0.15, 0.2) is 60.7 Å². The molecule has 68 heavy (non-hydrogen) atoms. The molecule has 2 fully saturated rings. The summed E-state index contributed by atoms with van der Waals surface area (Å²) in [6.45, 7) is 8.85. The molecule has 14 nitrogen and oxygen atoms in total. The van der Waals surface area contributed by atoms with Gasteiger partial charge in [-0.05, 0) is 104 Å². The molecular weight excluding hydrogens is 892 g/mol. The van der Waals surface area contributed by atoms with Gasteiger partial charge in [-0.3, -0.25) is 28.8 Å². The van der Waals surface area contributed by atoms with E-state index in [0.29, 0.717) is 43.5 Å². The minimum absolute atomic E-state index is 0.0342. The standard InChI is InChI=1S/C25H25F3N4O3.C22H28F2N4O3.C2H6/c26-18-3-1-2-15(8-18)11-22(25(35)31-21(14-29)12-17-6-7-30-24(17)34)32-23(33)5-4-16-9-19(27)13-20(28)10-16;1-13(2)7-19(22(31)27-18(12-25)10-15-5-6-26-21(15)30)28-20(29)4-3-14-8-16(23)11-17(24)9-14;1-2/h1-3,8-10,13,17,21-22H,4-7,11-12H2,(H,30,34)(H,31,35)(H,32,33);8-9,11,13,15,18-19H,3-7,10H2,1-2H3,(H,26,30)(H,27,31)(H,28,29);1-2H3/t17-,21-,22-;15-,18?,19-;/m00./s1. The lowest BCUT2D eigenvalue weighted by Gasteiger charge is -2.22. The molecule has 3 aromatic rings. The van der Waals surface area contributed by atoms with Crippen molar-refractivity contribution in [3.05, 3.63) is 106 Å². The molecule has 6 N–H and O–H groups in total. The number of nitriles is 2. The smallest absolute Gasteiger partial charge is 0.243 e. The summed E-state index contributed by atoms with van der Waals surface area (Å²) in [4.78, 5) is 74.2. The molecule has 0 radical (unpaired) electrons. The summed E-state index contributed by atoms with van der Waals surface area (Å²) in [5.41, 5.74) is 1.07. The second-order valence-corrected chi connectivity index (χ2v) is 16.7. The molecule has 0 bridgehead atoms. The van der Waals surface area contributed by atoms with E-state index in [1.807, 2.05) is 39.8 Å². The van der Waals surface area contributed by atoms with Gasteiger partial charge in [0.05, 0.1) is 12.1 Å². The first kappa shape index (κ1) is 55.4. The van der Waals surface area contributed by atoms with E-state index in [0.717, 1.165) is 36.4 Å². The Morgan fingerprint density at radius 2 is 1.03 bits per heavy atom. The second kappa shape index (κ2) is 28.3. The van der Waals surface area contributed by atoms with Crippen molar-refractivity contribution in [2.45, 2.75) is 116 Å². The van der Waals surface area contributed by atoms with E-state index in [9.17, 15) is 61.2 Å². The van der Waals surface area contributed by atoms with Crippen LogP contribution in [0.1, 0.15) is 89.3 Å². The van der Waals surface area contributed by atoms with Gasteiger partial charge in [0.1, 0.15) is 53.3 Å². The van der Waals surface area contributed by atoms with Crippen molar-refractivity contribution in [3.8, 4) is 12.1 Å². The first-order valence-electron chi connectivity index (χ1n) is 22.6. The van der Waals surface area contributed by atoms with Crippen LogP contribution in [-0.2, 0) is 48.0 Å².